The van der Waals surface area contributed by atoms with Crippen molar-refractivity contribution in [1.29, 1.82) is 0 Å². The third kappa shape index (κ3) is 1.22. The number of hydrogen-bond donors (Lipinski definition) is 2. The lowest BCUT2D eigenvalue weighted by Gasteiger charge is -1.94. The first-order valence-electron chi connectivity index (χ1n) is 4.03. The van der Waals surface area contributed by atoms with Gasteiger partial charge in [0.1, 0.15) is 5.69 Å². The van der Waals surface area contributed by atoms with Crippen molar-refractivity contribution in [1.82, 2.24) is 24.7 Å². The third-order valence-electron chi connectivity index (χ3n) is 2.05. The average Bonchev–Trinajstić information content (AvgIpc) is 2.61. The molecule has 2 aromatic rings. The Morgan fingerprint density at radius 1 is 1.57 bits per heavy atom. The Morgan fingerprint density at radius 2 is 2.29 bits per heavy atom. The van der Waals surface area contributed by atoms with Gasteiger partial charge in [-0.05, 0) is 25.2 Å². The van der Waals surface area contributed by atoms with Gasteiger partial charge in [-0.25, -0.2) is 9.77 Å². The Bertz CT molecular complexity index is 499. The van der Waals surface area contributed by atoms with Crippen LogP contribution < -0.4 is 5.84 Å². The predicted molar refractivity (Wildman–Crippen MR) is 54.5 cm³/mol. The summed E-state index contributed by atoms with van der Waals surface area (Å²) in [6.07, 6.45) is 0. The molecule has 0 saturated carbocycles. The largest absolute Gasteiger partial charge is 0.335 e. The highest BCUT2D eigenvalue weighted by atomic mass is 32.1. The molecule has 0 aliphatic carbocycles. The van der Waals surface area contributed by atoms with E-state index >= 15 is 0 Å². The number of aromatic amines is 1. The Morgan fingerprint density at radius 3 is 2.71 bits per heavy atom. The van der Waals surface area contributed by atoms with Crippen LogP contribution in [0.15, 0.2) is 6.07 Å². The summed E-state index contributed by atoms with van der Waals surface area (Å²) in [4.78, 5) is 0. The normalized spacial score (nSPS) is 10.7. The maximum Gasteiger partial charge on any atom is 0.214 e. The molecule has 7 heteroatoms. The fraction of sp³-hybridized carbons (Fsp3) is 0.286. The fourth-order valence-corrected chi connectivity index (χ4v) is 1.29. The highest BCUT2D eigenvalue weighted by molar-refractivity contribution is 7.71. The van der Waals surface area contributed by atoms with E-state index in [0.717, 1.165) is 5.69 Å². The highest BCUT2D eigenvalue weighted by Gasteiger charge is 2.10. The smallest absolute Gasteiger partial charge is 0.214 e. The lowest BCUT2D eigenvalue weighted by atomic mass is 10.3. The first kappa shape index (κ1) is 8.95. The van der Waals surface area contributed by atoms with E-state index in [1.807, 2.05) is 20.0 Å². The predicted octanol–water partition coefficient (Wildman–Crippen LogP) is 0.363. The summed E-state index contributed by atoms with van der Waals surface area (Å²) in [5.41, 5.74) is 1.74. The van der Waals surface area contributed by atoms with E-state index in [2.05, 4.69) is 15.3 Å². The van der Waals surface area contributed by atoms with E-state index < -0.39 is 0 Å². The second-order valence-electron chi connectivity index (χ2n) is 3.02. The van der Waals surface area contributed by atoms with Gasteiger partial charge in [-0.3, -0.25) is 4.68 Å². The van der Waals surface area contributed by atoms with Crippen LogP contribution in [0.3, 0.4) is 0 Å². The topological polar surface area (TPSA) is 77.4 Å². The minimum absolute atomic E-state index is 0.378. The van der Waals surface area contributed by atoms with Crippen LogP contribution in [-0.2, 0) is 7.05 Å². The van der Waals surface area contributed by atoms with E-state index in [-0.39, 0.29) is 0 Å². The molecule has 0 saturated heterocycles. The van der Waals surface area contributed by atoms with Crippen molar-refractivity contribution in [2.75, 3.05) is 5.84 Å². The maximum atomic E-state index is 5.66. The molecule has 0 spiro atoms. The zero-order chi connectivity index (χ0) is 10.3. The molecule has 0 amide bonds. The van der Waals surface area contributed by atoms with Gasteiger partial charge in [0.05, 0.1) is 0 Å². The SMILES string of the molecule is Cc1cc(-c2n[nH]c(=S)n2N)nn1C. The molecule has 0 unspecified atom stereocenters. The van der Waals surface area contributed by atoms with Gasteiger partial charge in [0.25, 0.3) is 0 Å². The van der Waals surface area contributed by atoms with Gasteiger partial charge in [0.15, 0.2) is 0 Å². The van der Waals surface area contributed by atoms with Crippen molar-refractivity contribution in [2.45, 2.75) is 6.92 Å². The van der Waals surface area contributed by atoms with Crippen molar-refractivity contribution in [3.63, 3.8) is 0 Å². The highest BCUT2D eigenvalue weighted by Crippen LogP contribution is 2.14. The number of nitrogens with zero attached hydrogens (tertiary/aromatic N) is 4. The van der Waals surface area contributed by atoms with Crippen LogP contribution in [0.1, 0.15) is 5.69 Å². The molecular weight excluding hydrogens is 200 g/mol. The number of nitrogens with one attached hydrogen (secondary N) is 1. The third-order valence-corrected chi connectivity index (χ3v) is 2.34. The van der Waals surface area contributed by atoms with Gasteiger partial charge < -0.3 is 5.84 Å². The Kier molecular flexibility index (Phi) is 1.88. The second kappa shape index (κ2) is 2.95. The minimum atomic E-state index is 0.378. The lowest BCUT2D eigenvalue weighted by molar-refractivity contribution is 0.740. The van der Waals surface area contributed by atoms with Gasteiger partial charge in [0, 0.05) is 12.7 Å². The molecular formula is C7H10N6S. The molecule has 3 N–H and O–H groups in total. The van der Waals surface area contributed by atoms with E-state index in [4.69, 9.17) is 18.1 Å². The molecule has 0 bridgehead atoms. The molecule has 2 aromatic heterocycles. The van der Waals surface area contributed by atoms with E-state index in [9.17, 15) is 0 Å². The summed E-state index contributed by atoms with van der Waals surface area (Å²) in [6.45, 7) is 1.96. The molecule has 0 atom stereocenters. The van der Waals surface area contributed by atoms with Gasteiger partial charge in [-0.1, -0.05) is 0 Å². The van der Waals surface area contributed by atoms with Crippen LogP contribution in [0, 0.1) is 11.7 Å². The summed E-state index contributed by atoms with van der Waals surface area (Å²) in [5.74, 6) is 6.20. The van der Waals surface area contributed by atoms with Gasteiger partial charge in [0.2, 0.25) is 10.6 Å². The minimum Gasteiger partial charge on any atom is -0.335 e. The number of rotatable bonds is 1. The molecule has 14 heavy (non-hydrogen) atoms. The Labute approximate surface area is 85.3 Å². The number of hydrogen-bond acceptors (Lipinski definition) is 4. The monoisotopic (exact) mass is 210 g/mol. The zero-order valence-electron chi connectivity index (χ0n) is 7.85. The van der Waals surface area contributed by atoms with Crippen LogP contribution in [-0.4, -0.2) is 24.7 Å². The van der Waals surface area contributed by atoms with E-state index in [1.54, 1.807) is 4.68 Å². The fourth-order valence-electron chi connectivity index (χ4n) is 1.16. The standard InChI is InChI=1S/C7H10N6S/c1-4-3-5(11-12(4)2)6-9-10-7(14)13(6)8/h3H,8H2,1-2H3,(H,10,14). The number of nitrogen functional groups attached to an aromatic ring is 1. The second-order valence-corrected chi connectivity index (χ2v) is 3.40. The zero-order valence-corrected chi connectivity index (χ0v) is 8.67. The van der Waals surface area contributed by atoms with Crippen molar-refractivity contribution in [3.05, 3.63) is 16.5 Å². The maximum absolute atomic E-state index is 5.66. The van der Waals surface area contributed by atoms with Crippen molar-refractivity contribution < 1.29 is 0 Å². The van der Waals surface area contributed by atoms with Crippen molar-refractivity contribution in [2.24, 2.45) is 7.05 Å². The van der Waals surface area contributed by atoms with Crippen LogP contribution in [0.2, 0.25) is 0 Å². The molecule has 0 aromatic carbocycles. The van der Waals surface area contributed by atoms with Crippen LogP contribution in [0.25, 0.3) is 11.5 Å². The Hall–Kier alpha value is -1.63. The molecule has 0 aliphatic rings. The van der Waals surface area contributed by atoms with Crippen molar-refractivity contribution in [3.8, 4) is 11.5 Å². The molecule has 0 fully saturated rings. The van der Waals surface area contributed by atoms with Crippen LogP contribution in [0.5, 0.6) is 0 Å². The first-order chi connectivity index (χ1) is 6.59. The molecule has 74 valence electrons. The lowest BCUT2D eigenvalue weighted by Crippen LogP contribution is -2.10. The van der Waals surface area contributed by atoms with Gasteiger partial charge in [-0.2, -0.15) is 10.2 Å². The molecule has 0 aliphatic heterocycles. The summed E-state index contributed by atoms with van der Waals surface area (Å²) >= 11 is 4.90. The molecule has 0 radical (unpaired) electrons. The van der Waals surface area contributed by atoms with Gasteiger partial charge in [-0.15, -0.1) is 0 Å². The molecule has 2 rings (SSSR count). The van der Waals surface area contributed by atoms with Crippen LogP contribution in [0.4, 0.5) is 0 Å². The number of nitrogens with two attached hydrogens (primary N) is 1. The summed E-state index contributed by atoms with van der Waals surface area (Å²) in [7, 11) is 1.86. The number of aryl methyl sites for hydroxylation is 2. The van der Waals surface area contributed by atoms with Crippen LogP contribution >= 0.6 is 12.2 Å². The Balaban J connectivity index is 2.60. The quantitative estimate of drug-likeness (QED) is 0.526. The van der Waals surface area contributed by atoms with E-state index in [0.29, 0.717) is 16.3 Å². The van der Waals surface area contributed by atoms with E-state index in [1.165, 1.54) is 4.68 Å². The first-order valence-corrected chi connectivity index (χ1v) is 4.44. The van der Waals surface area contributed by atoms with Crippen molar-refractivity contribution >= 4 is 12.2 Å². The summed E-state index contributed by atoms with van der Waals surface area (Å²) < 4.78 is 3.44. The average molecular weight is 210 g/mol. The van der Waals surface area contributed by atoms with Gasteiger partial charge >= 0.3 is 0 Å². The summed E-state index contributed by atoms with van der Waals surface area (Å²) in [6, 6.07) is 1.90. The number of H-pyrrole nitrogens is 1. The molecule has 2 heterocycles. The summed E-state index contributed by atoms with van der Waals surface area (Å²) in [5, 5.41) is 10.8. The number of aromatic nitrogens is 5. The molecule has 6 nitrogen and oxygen atoms in total.